The van der Waals surface area contributed by atoms with E-state index in [4.69, 9.17) is 5.73 Å². The van der Waals surface area contributed by atoms with Crippen LogP contribution in [0.25, 0.3) is 0 Å². The second-order valence-corrected chi connectivity index (χ2v) is 6.65. The highest BCUT2D eigenvalue weighted by Gasteiger charge is 2.24. The fourth-order valence-corrected chi connectivity index (χ4v) is 3.44. The number of carbonyl (C=O) groups excluding carboxylic acids is 1. The monoisotopic (exact) mass is 312 g/mol. The first-order valence-corrected chi connectivity index (χ1v) is 8.52. The highest BCUT2D eigenvalue weighted by atomic mass is 32.2. The molecule has 0 aliphatic carbocycles. The first kappa shape index (κ1) is 15.1. The summed E-state index contributed by atoms with van der Waals surface area (Å²) in [6, 6.07) is 18.4. The van der Waals surface area contributed by atoms with Crippen LogP contribution in [0.1, 0.15) is 22.3 Å². The molecule has 0 unspecified atom stereocenters. The molecule has 2 N–H and O–H groups in total. The normalized spacial score (nSPS) is 17.7. The molecule has 0 saturated carbocycles. The zero-order valence-electron chi connectivity index (χ0n) is 12.4. The van der Waals surface area contributed by atoms with E-state index in [0.717, 1.165) is 24.3 Å². The van der Waals surface area contributed by atoms with Gasteiger partial charge in [0.15, 0.2) is 0 Å². The standard InChI is InChI=1S/C18H20N2OS/c19-16-10-11-20(12-16)18(21)15-6-8-17(9-7-15)22-13-14-4-2-1-3-5-14/h1-9,16H,10-13,19H2/t16-/m1/s1. The van der Waals surface area contributed by atoms with Crippen LogP contribution in [0.5, 0.6) is 0 Å². The average Bonchev–Trinajstić information content (AvgIpc) is 3.00. The Hall–Kier alpha value is -1.78. The Morgan fingerprint density at radius 2 is 1.86 bits per heavy atom. The van der Waals surface area contributed by atoms with Crippen LogP contribution in [0.3, 0.4) is 0 Å². The van der Waals surface area contributed by atoms with Gasteiger partial charge in [-0.1, -0.05) is 30.3 Å². The van der Waals surface area contributed by atoms with Crippen LogP contribution in [0.4, 0.5) is 0 Å². The lowest BCUT2D eigenvalue weighted by Gasteiger charge is -2.15. The predicted octanol–water partition coefficient (Wildman–Crippen LogP) is 3.15. The third-order valence-electron chi connectivity index (χ3n) is 3.86. The minimum atomic E-state index is 0.0903. The molecule has 4 heteroatoms. The van der Waals surface area contributed by atoms with Crippen molar-refractivity contribution < 1.29 is 4.79 Å². The predicted molar refractivity (Wildman–Crippen MR) is 90.9 cm³/mol. The second-order valence-electron chi connectivity index (χ2n) is 5.60. The van der Waals surface area contributed by atoms with Gasteiger partial charge in [-0.05, 0) is 36.2 Å². The molecule has 2 aromatic carbocycles. The number of nitrogens with two attached hydrogens (primary N) is 1. The molecule has 1 aliphatic heterocycles. The van der Waals surface area contributed by atoms with Gasteiger partial charge in [-0.15, -0.1) is 11.8 Å². The summed E-state index contributed by atoms with van der Waals surface area (Å²) < 4.78 is 0. The molecule has 2 aromatic rings. The first-order valence-electron chi connectivity index (χ1n) is 7.54. The van der Waals surface area contributed by atoms with Gasteiger partial charge < -0.3 is 10.6 Å². The topological polar surface area (TPSA) is 46.3 Å². The molecule has 3 nitrogen and oxygen atoms in total. The maximum absolute atomic E-state index is 12.3. The summed E-state index contributed by atoms with van der Waals surface area (Å²) >= 11 is 1.78. The van der Waals surface area contributed by atoms with E-state index in [0.29, 0.717) is 6.54 Å². The molecule has 0 spiro atoms. The van der Waals surface area contributed by atoms with Crippen molar-refractivity contribution >= 4 is 17.7 Å². The molecule has 1 heterocycles. The smallest absolute Gasteiger partial charge is 0.253 e. The summed E-state index contributed by atoms with van der Waals surface area (Å²) in [5.74, 6) is 1.03. The van der Waals surface area contributed by atoms with Crippen LogP contribution in [0, 0.1) is 0 Å². The van der Waals surface area contributed by atoms with Crippen LogP contribution in [-0.4, -0.2) is 29.9 Å². The Kier molecular flexibility index (Phi) is 4.80. The first-order chi connectivity index (χ1) is 10.7. The number of carbonyl (C=O) groups is 1. The minimum Gasteiger partial charge on any atom is -0.337 e. The number of amides is 1. The zero-order chi connectivity index (χ0) is 15.4. The van der Waals surface area contributed by atoms with Gasteiger partial charge in [-0.25, -0.2) is 0 Å². The maximum Gasteiger partial charge on any atom is 0.253 e. The molecule has 1 atom stereocenters. The summed E-state index contributed by atoms with van der Waals surface area (Å²) in [7, 11) is 0. The van der Waals surface area contributed by atoms with Crippen molar-refractivity contribution in [2.24, 2.45) is 5.73 Å². The van der Waals surface area contributed by atoms with Crippen LogP contribution < -0.4 is 5.73 Å². The number of hydrogen-bond acceptors (Lipinski definition) is 3. The number of thioether (sulfide) groups is 1. The summed E-state index contributed by atoms with van der Waals surface area (Å²) in [5.41, 5.74) is 7.92. The van der Waals surface area contributed by atoms with E-state index in [9.17, 15) is 4.79 Å². The van der Waals surface area contributed by atoms with Gasteiger partial charge in [-0.3, -0.25) is 4.79 Å². The zero-order valence-corrected chi connectivity index (χ0v) is 13.3. The average molecular weight is 312 g/mol. The molecule has 1 fully saturated rings. The number of rotatable bonds is 4. The van der Waals surface area contributed by atoms with Gasteiger partial charge in [0.1, 0.15) is 0 Å². The van der Waals surface area contributed by atoms with E-state index in [-0.39, 0.29) is 11.9 Å². The lowest BCUT2D eigenvalue weighted by molar-refractivity contribution is 0.0791. The molecule has 0 bridgehead atoms. The molecule has 3 rings (SSSR count). The Balaban J connectivity index is 1.59. The fraction of sp³-hybridized carbons (Fsp3) is 0.278. The highest BCUT2D eigenvalue weighted by Crippen LogP contribution is 2.23. The third-order valence-corrected chi connectivity index (χ3v) is 4.94. The lowest BCUT2D eigenvalue weighted by Crippen LogP contribution is -2.31. The molecular formula is C18H20N2OS. The number of likely N-dealkylation sites (tertiary alicyclic amines) is 1. The van der Waals surface area contributed by atoms with Gasteiger partial charge in [0, 0.05) is 35.3 Å². The fourth-order valence-electron chi connectivity index (χ4n) is 2.59. The van der Waals surface area contributed by atoms with Crippen molar-refractivity contribution in [1.82, 2.24) is 4.90 Å². The molecular weight excluding hydrogens is 292 g/mol. The number of hydrogen-bond donors (Lipinski definition) is 1. The molecule has 0 aromatic heterocycles. The molecule has 114 valence electrons. The van der Waals surface area contributed by atoms with Crippen molar-refractivity contribution in [3.05, 3.63) is 65.7 Å². The van der Waals surface area contributed by atoms with Crippen molar-refractivity contribution in [2.75, 3.05) is 13.1 Å². The Labute approximate surface area is 135 Å². The van der Waals surface area contributed by atoms with Gasteiger partial charge in [0.2, 0.25) is 0 Å². The van der Waals surface area contributed by atoms with E-state index >= 15 is 0 Å². The van der Waals surface area contributed by atoms with Gasteiger partial charge in [0.25, 0.3) is 5.91 Å². The van der Waals surface area contributed by atoms with Crippen molar-refractivity contribution in [3.8, 4) is 0 Å². The molecule has 1 amide bonds. The minimum absolute atomic E-state index is 0.0903. The van der Waals surface area contributed by atoms with E-state index in [1.165, 1.54) is 10.5 Å². The third kappa shape index (κ3) is 3.70. The maximum atomic E-state index is 12.3. The van der Waals surface area contributed by atoms with E-state index in [1.54, 1.807) is 11.8 Å². The van der Waals surface area contributed by atoms with Gasteiger partial charge >= 0.3 is 0 Å². The SMILES string of the molecule is N[C@@H]1CCN(C(=O)c2ccc(SCc3ccccc3)cc2)C1. The van der Waals surface area contributed by atoms with Crippen LogP contribution in [0.2, 0.25) is 0 Å². The lowest BCUT2D eigenvalue weighted by atomic mass is 10.2. The van der Waals surface area contributed by atoms with Crippen molar-refractivity contribution in [2.45, 2.75) is 23.1 Å². The van der Waals surface area contributed by atoms with Crippen molar-refractivity contribution in [3.63, 3.8) is 0 Å². The Morgan fingerprint density at radius 3 is 2.50 bits per heavy atom. The van der Waals surface area contributed by atoms with E-state index < -0.39 is 0 Å². The molecule has 1 aliphatic rings. The highest BCUT2D eigenvalue weighted by molar-refractivity contribution is 7.98. The molecule has 1 saturated heterocycles. The Morgan fingerprint density at radius 1 is 1.14 bits per heavy atom. The number of nitrogens with zero attached hydrogens (tertiary/aromatic N) is 1. The molecule has 22 heavy (non-hydrogen) atoms. The summed E-state index contributed by atoms with van der Waals surface area (Å²) in [5, 5.41) is 0. The molecule has 0 radical (unpaired) electrons. The van der Waals surface area contributed by atoms with Crippen LogP contribution in [-0.2, 0) is 5.75 Å². The summed E-state index contributed by atoms with van der Waals surface area (Å²) in [6.45, 7) is 1.44. The van der Waals surface area contributed by atoms with Gasteiger partial charge in [0.05, 0.1) is 0 Å². The van der Waals surface area contributed by atoms with Crippen LogP contribution >= 0.6 is 11.8 Å². The van der Waals surface area contributed by atoms with E-state index in [1.807, 2.05) is 35.2 Å². The van der Waals surface area contributed by atoms with E-state index in [2.05, 4.69) is 24.3 Å². The second kappa shape index (κ2) is 6.99. The Bertz CT molecular complexity index is 627. The van der Waals surface area contributed by atoms with Gasteiger partial charge in [-0.2, -0.15) is 0 Å². The largest absolute Gasteiger partial charge is 0.337 e. The summed E-state index contributed by atoms with van der Waals surface area (Å²) in [4.78, 5) is 15.4. The van der Waals surface area contributed by atoms with Crippen molar-refractivity contribution in [1.29, 1.82) is 0 Å². The summed E-state index contributed by atoms with van der Waals surface area (Å²) in [6.07, 6.45) is 0.900. The number of benzene rings is 2. The van der Waals surface area contributed by atoms with Crippen LogP contribution in [0.15, 0.2) is 59.5 Å². The quantitative estimate of drug-likeness (QED) is 0.882.